The Morgan fingerprint density at radius 2 is 1.47 bits per heavy atom. The quantitative estimate of drug-likeness (QED) is 0.233. The number of pyridine rings is 1. The second-order valence-corrected chi connectivity index (χ2v) is 9.75. The largest absolute Gasteiger partial charge is 0.306 e. The van der Waals surface area contributed by atoms with E-state index in [4.69, 9.17) is 9.97 Å². The van der Waals surface area contributed by atoms with E-state index in [1.54, 1.807) is 0 Å². The molecular weight excluding hydrogens is 464 g/mol. The number of rotatable bonds is 3. The van der Waals surface area contributed by atoms with Gasteiger partial charge in [0.15, 0.2) is 0 Å². The maximum Gasteiger partial charge on any atom is 0.114 e. The summed E-state index contributed by atoms with van der Waals surface area (Å²) < 4.78 is 2.40. The van der Waals surface area contributed by atoms with Crippen LogP contribution < -0.4 is 4.90 Å². The minimum atomic E-state index is 0.841. The summed E-state index contributed by atoms with van der Waals surface area (Å²) in [5.74, 6) is 1.07. The SMILES string of the molecule is CCc1nc2cccc3c2n1-c1c(-c2cc4ccccc4c4ncccc24)cccc1N3c1ccccc1. The molecule has 5 aromatic carbocycles. The topological polar surface area (TPSA) is 34.0 Å². The Hall–Kier alpha value is -4.96. The molecule has 0 saturated heterocycles. The summed E-state index contributed by atoms with van der Waals surface area (Å²) in [4.78, 5) is 12.3. The van der Waals surface area contributed by atoms with Crippen LogP contribution in [0.5, 0.6) is 0 Å². The zero-order valence-corrected chi connectivity index (χ0v) is 21.0. The van der Waals surface area contributed by atoms with Crippen LogP contribution in [0.3, 0.4) is 0 Å². The van der Waals surface area contributed by atoms with Crippen molar-refractivity contribution in [1.82, 2.24) is 14.5 Å². The first-order valence-electron chi connectivity index (χ1n) is 13.1. The maximum absolute atomic E-state index is 5.10. The van der Waals surface area contributed by atoms with Gasteiger partial charge >= 0.3 is 0 Å². The monoisotopic (exact) mass is 488 g/mol. The standard InChI is InChI=1S/C34H24N4/c1-2-31-36-28-17-9-19-30-34(28)38(31)33-26(15-8-18-29(33)37(30)23-12-4-3-5-13-23)27-21-22-11-6-7-14-24(22)32-25(27)16-10-20-35-32/h3-21H,2H2,1H3. The molecule has 0 saturated carbocycles. The van der Waals surface area contributed by atoms with E-state index in [2.05, 4.69) is 120 Å². The van der Waals surface area contributed by atoms with E-state index in [1.807, 2.05) is 12.3 Å². The number of aromatic nitrogens is 3. The summed E-state index contributed by atoms with van der Waals surface area (Å²) in [6.45, 7) is 2.19. The summed E-state index contributed by atoms with van der Waals surface area (Å²) in [5, 5.41) is 3.51. The van der Waals surface area contributed by atoms with Gasteiger partial charge in [-0.05, 0) is 53.4 Å². The number of nitrogens with zero attached hydrogens (tertiary/aromatic N) is 4. The first-order chi connectivity index (χ1) is 18.8. The fraction of sp³-hybridized carbons (Fsp3) is 0.0588. The third-order valence-electron chi connectivity index (χ3n) is 7.68. The third-order valence-corrected chi connectivity index (χ3v) is 7.68. The molecule has 38 heavy (non-hydrogen) atoms. The summed E-state index contributed by atoms with van der Waals surface area (Å²) in [6, 6.07) is 38.8. The van der Waals surface area contributed by atoms with Gasteiger partial charge in [0.25, 0.3) is 0 Å². The van der Waals surface area contributed by atoms with Gasteiger partial charge in [0.2, 0.25) is 0 Å². The van der Waals surface area contributed by atoms with Crippen LogP contribution in [-0.4, -0.2) is 14.5 Å². The fourth-order valence-electron chi connectivity index (χ4n) is 6.10. The van der Waals surface area contributed by atoms with Gasteiger partial charge in [0.05, 0.1) is 33.6 Å². The summed E-state index contributed by atoms with van der Waals surface area (Å²) in [6.07, 6.45) is 2.73. The molecular formula is C34H24N4. The third kappa shape index (κ3) is 2.86. The molecule has 0 fully saturated rings. The predicted octanol–water partition coefficient (Wildman–Crippen LogP) is 8.74. The van der Waals surface area contributed by atoms with Crippen molar-refractivity contribution in [3.8, 4) is 16.8 Å². The van der Waals surface area contributed by atoms with E-state index in [9.17, 15) is 0 Å². The van der Waals surface area contributed by atoms with Gasteiger partial charge in [-0.2, -0.15) is 0 Å². The molecule has 4 nitrogen and oxygen atoms in total. The van der Waals surface area contributed by atoms with Crippen molar-refractivity contribution >= 4 is 49.8 Å². The number of anilines is 3. The second-order valence-electron chi connectivity index (χ2n) is 9.75. The molecule has 2 aromatic heterocycles. The molecule has 3 heterocycles. The number of imidazole rings is 1. The minimum Gasteiger partial charge on any atom is -0.306 e. The van der Waals surface area contributed by atoms with Crippen molar-refractivity contribution in [2.24, 2.45) is 0 Å². The lowest BCUT2D eigenvalue weighted by atomic mass is 9.93. The van der Waals surface area contributed by atoms with Gasteiger partial charge in [-0.3, -0.25) is 9.55 Å². The Balaban J connectivity index is 1.54. The average Bonchev–Trinajstić information content (AvgIpc) is 3.37. The number of aryl methyl sites for hydroxylation is 1. The van der Waals surface area contributed by atoms with Gasteiger partial charge in [-0.15, -0.1) is 0 Å². The van der Waals surface area contributed by atoms with Crippen molar-refractivity contribution in [3.05, 3.63) is 121 Å². The number of fused-ring (bicyclic) bond motifs is 5. The van der Waals surface area contributed by atoms with Crippen molar-refractivity contribution in [3.63, 3.8) is 0 Å². The zero-order chi connectivity index (χ0) is 25.2. The van der Waals surface area contributed by atoms with Gasteiger partial charge in [-0.25, -0.2) is 4.98 Å². The Morgan fingerprint density at radius 1 is 0.684 bits per heavy atom. The molecule has 180 valence electrons. The summed E-state index contributed by atoms with van der Waals surface area (Å²) in [7, 11) is 0. The highest BCUT2D eigenvalue weighted by molar-refractivity contribution is 6.14. The Bertz CT molecular complexity index is 2020. The van der Waals surface area contributed by atoms with E-state index >= 15 is 0 Å². The molecule has 7 aromatic rings. The molecule has 1 aliphatic heterocycles. The van der Waals surface area contributed by atoms with Crippen molar-refractivity contribution in [2.75, 3.05) is 4.90 Å². The normalized spacial score (nSPS) is 12.4. The molecule has 1 aliphatic rings. The molecule has 0 atom stereocenters. The predicted molar refractivity (Wildman–Crippen MR) is 157 cm³/mol. The molecule has 0 bridgehead atoms. The lowest BCUT2D eigenvalue weighted by Crippen LogP contribution is -2.19. The highest BCUT2D eigenvalue weighted by Crippen LogP contribution is 2.50. The second kappa shape index (κ2) is 8.02. The first-order valence-corrected chi connectivity index (χ1v) is 13.1. The maximum atomic E-state index is 5.10. The molecule has 0 N–H and O–H groups in total. The molecule has 0 aliphatic carbocycles. The van der Waals surface area contributed by atoms with Crippen molar-refractivity contribution in [1.29, 1.82) is 0 Å². The van der Waals surface area contributed by atoms with Crippen LogP contribution in [0.4, 0.5) is 17.1 Å². The van der Waals surface area contributed by atoms with Crippen LogP contribution >= 0.6 is 0 Å². The molecule has 0 amide bonds. The zero-order valence-electron chi connectivity index (χ0n) is 21.0. The molecule has 0 radical (unpaired) electrons. The highest BCUT2D eigenvalue weighted by atomic mass is 15.2. The molecule has 4 heteroatoms. The minimum absolute atomic E-state index is 0.841. The number of hydrogen-bond acceptors (Lipinski definition) is 3. The first kappa shape index (κ1) is 21.2. The lowest BCUT2D eigenvalue weighted by molar-refractivity contribution is 0.901. The van der Waals surface area contributed by atoms with Crippen LogP contribution in [0.15, 0.2) is 115 Å². The number of benzene rings is 5. The van der Waals surface area contributed by atoms with E-state index in [0.717, 1.165) is 56.9 Å². The Kier molecular flexibility index (Phi) is 4.47. The summed E-state index contributed by atoms with van der Waals surface area (Å²) in [5.41, 5.74) is 10.1. The Morgan fingerprint density at radius 3 is 2.37 bits per heavy atom. The van der Waals surface area contributed by atoms with Crippen LogP contribution in [0, 0.1) is 0 Å². The van der Waals surface area contributed by atoms with Gasteiger partial charge in [0.1, 0.15) is 5.82 Å². The number of hydrogen-bond donors (Lipinski definition) is 0. The van der Waals surface area contributed by atoms with Gasteiger partial charge in [-0.1, -0.05) is 73.7 Å². The average molecular weight is 489 g/mol. The van der Waals surface area contributed by atoms with E-state index in [1.165, 1.54) is 21.9 Å². The number of para-hydroxylation sites is 3. The van der Waals surface area contributed by atoms with Gasteiger partial charge < -0.3 is 4.90 Å². The van der Waals surface area contributed by atoms with Crippen LogP contribution in [0.25, 0.3) is 49.5 Å². The summed E-state index contributed by atoms with van der Waals surface area (Å²) >= 11 is 0. The van der Waals surface area contributed by atoms with E-state index < -0.39 is 0 Å². The van der Waals surface area contributed by atoms with Crippen LogP contribution in [0.1, 0.15) is 12.7 Å². The Labute approximate surface area is 220 Å². The molecule has 0 spiro atoms. The van der Waals surface area contributed by atoms with E-state index in [-0.39, 0.29) is 0 Å². The van der Waals surface area contributed by atoms with Crippen LogP contribution in [-0.2, 0) is 6.42 Å². The van der Waals surface area contributed by atoms with Crippen molar-refractivity contribution < 1.29 is 0 Å². The highest BCUT2D eigenvalue weighted by Gasteiger charge is 2.31. The van der Waals surface area contributed by atoms with E-state index in [0.29, 0.717) is 0 Å². The van der Waals surface area contributed by atoms with Gasteiger partial charge in [0, 0.05) is 34.6 Å². The van der Waals surface area contributed by atoms with Crippen molar-refractivity contribution in [2.45, 2.75) is 13.3 Å². The molecule has 8 rings (SSSR count). The fourth-order valence-corrected chi connectivity index (χ4v) is 6.10. The lowest BCUT2D eigenvalue weighted by Gasteiger charge is -2.34. The smallest absolute Gasteiger partial charge is 0.114 e. The molecule has 0 unspecified atom stereocenters. The van der Waals surface area contributed by atoms with Crippen LogP contribution in [0.2, 0.25) is 0 Å².